The van der Waals surface area contributed by atoms with E-state index < -0.39 is 0 Å². The molecule has 5 heteroatoms. The number of rotatable bonds is 3. The van der Waals surface area contributed by atoms with Gasteiger partial charge in [-0.25, -0.2) is 0 Å². The van der Waals surface area contributed by atoms with Crippen LogP contribution in [-0.2, 0) is 6.42 Å². The van der Waals surface area contributed by atoms with Gasteiger partial charge < -0.3 is 10.2 Å². The second-order valence-electron chi connectivity index (χ2n) is 3.63. The third kappa shape index (κ3) is 2.68. The van der Waals surface area contributed by atoms with Crippen molar-refractivity contribution < 1.29 is 4.42 Å². The molecule has 1 unspecified atom stereocenters. The van der Waals surface area contributed by atoms with E-state index in [4.69, 9.17) is 10.2 Å². The summed E-state index contributed by atoms with van der Waals surface area (Å²) in [6.45, 7) is 1.82. The zero-order chi connectivity index (χ0) is 11.5. The lowest BCUT2D eigenvalue weighted by atomic mass is 10.1. The molecule has 2 aromatic rings. The van der Waals surface area contributed by atoms with Gasteiger partial charge in [-0.05, 0) is 24.6 Å². The fourth-order valence-corrected chi connectivity index (χ4v) is 1.56. The smallest absolute Gasteiger partial charge is 0.232 e. The Morgan fingerprint density at radius 2 is 2.00 bits per heavy atom. The molecule has 0 aliphatic rings. The minimum Gasteiger partial charge on any atom is -0.423 e. The maximum absolute atomic E-state index is 5.64. The van der Waals surface area contributed by atoms with Crippen molar-refractivity contribution in [1.82, 2.24) is 10.2 Å². The van der Waals surface area contributed by atoms with E-state index >= 15 is 0 Å². The molecule has 1 atom stereocenters. The molecule has 4 nitrogen and oxygen atoms in total. The maximum Gasteiger partial charge on any atom is 0.232 e. The third-order valence-electron chi connectivity index (χ3n) is 2.14. The molecule has 2 N–H and O–H groups in total. The molecule has 0 saturated heterocycles. The molecule has 84 valence electrons. The van der Waals surface area contributed by atoms with E-state index in [2.05, 4.69) is 26.1 Å². The summed E-state index contributed by atoms with van der Waals surface area (Å²) < 4.78 is 6.47. The van der Waals surface area contributed by atoms with Gasteiger partial charge in [0.2, 0.25) is 11.8 Å². The first-order valence-electron chi connectivity index (χ1n) is 4.97. The molecule has 0 amide bonds. The molecule has 0 bridgehead atoms. The molecule has 0 radical (unpaired) electrons. The topological polar surface area (TPSA) is 64.9 Å². The number of hydrogen-bond acceptors (Lipinski definition) is 4. The van der Waals surface area contributed by atoms with Gasteiger partial charge in [-0.2, -0.15) is 0 Å². The average Bonchev–Trinajstić information content (AvgIpc) is 2.70. The maximum atomic E-state index is 5.64. The van der Waals surface area contributed by atoms with E-state index in [9.17, 15) is 0 Å². The van der Waals surface area contributed by atoms with Gasteiger partial charge in [0.1, 0.15) is 0 Å². The number of nitrogens with two attached hydrogens (primary N) is 1. The Morgan fingerprint density at radius 3 is 2.56 bits per heavy atom. The lowest BCUT2D eigenvalue weighted by molar-refractivity contribution is 0.433. The van der Waals surface area contributed by atoms with Gasteiger partial charge in [0.05, 0.1) is 12.5 Å². The summed E-state index contributed by atoms with van der Waals surface area (Å²) in [5, 5.41) is 7.83. The van der Waals surface area contributed by atoms with Crippen LogP contribution in [0, 0.1) is 0 Å². The van der Waals surface area contributed by atoms with Gasteiger partial charge in [0.15, 0.2) is 0 Å². The summed E-state index contributed by atoms with van der Waals surface area (Å²) in [6, 6.07) is 7.78. The highest BCUT2D eigenvalue weighted by atomic mass is 79.9. The predicted molar refractivity (Wildman–Crippen MR) is 63.8 cm³/mol. The first kappa shape index (κ1) is 11.3. The van der Waals surface area contributed by atoms with Crippen LogP contribution in [0.4, 0.5) is 0 Å². The molecular weight excluding hydrogens is 270 g/mol. The van der Waals surface area contributed by atoms with Crippen LogP contribution < -0.4 is 5.73 Å². The standard InChI is InChI=1S/C11H12BrN3O/c1-7(13)11-15-14-10(16-11)6-8-2-4-9(12)5-3-8/h2-5,7H,6,13H2,1H3. The summed E-state index contributed by atoms with van der Waals surface area (Å²) in [4.78, 5) is 0. The monoisotopic (exact) mass is 281 g/mol. The highest BCUT2D eigenvalue weighted by Gasteiger charge is 2.09. The van der Waals surface area contributed by atoms with Gasteiger partial charge in [-0.15, -0.1) is 10.2 Å². The molecule has 0 aliphatic heterocycles. The van der Waals surface area contributed by atoms with Gasteiger partial charge in [-0.3, -0.25) is 0 Å². The van der Waals surface area contributed by atoms with E-state index in [1.54, 1.807) is 0 Å². The van der Waals surface area contributed by atoms with Crippen LogP contribution in [0.3, 0.4) is 0 Å². The van der Waals surface area contributed by atoms with Gasteiger partial charge >= 0.3 is 0 Å². The zero-order valence-corrected chi connectivity index (χ0v) is 10.4. The minimum atomic E-state index is -0.217. The van der Waals surface area contributed by atoms with Crippen LogP contribution in [0.15, 0.2) is 33.2 Å². The Balaban J connectivity index is 2.11. The van der Waals surface area contributed by atoms with E-state index in [1.807, 2.05) is 31.2 Å². The van der Waals surface area contributed by atoms with E-state index in [0.29, 0.717) is 18.2 Å². The zero-order valence-electron chi connectivity index (χ0n) is 8.85. The second kappa shape index (κ2) is 4.76. The van der Waals surface area contributed by atoms with Crippen LogP contribution >= 0.6 is 15.9 Å². The van der Waals surface area contributed by atoms with E-state index in [0.717, 1.165) is 10.0 Å². The fourth-order valence-electron chi connectivity index (χ4n) is 1.30. The predicted octanol–water partition coefficient (Wildman–Crippen LogP) is 2.44. The fraction of sp³-hybridized carbons (Fsp3) is 0.273. The molecule has 2 rings (SSSR count). The van der Waals surface area contributed by atoms with E-state index in [1.165, 1.54) is 0 Å². The first-order chi connectivity index (χ1) is 7.65. The van der Waals surface area contributed by atoms with Crippen molar-refractivity contribution >= 4 is 15.9 Å². The molecule has 0 fully saturated rings. The number of nitrogens with zero attached hydrogens (tertiary/aromatic N) is 2. The first-order valence-corrected chi connectivity index (χ1v) is 5.77. The normalized spacial score (nSPS) is 12.7. The summed E-state index contributed by atoms with van der Waals surface area (Å²) in [5.74, 6) is 1.07. The van der Waals surface area contributed by atoms with Crippen LogP contribution in [0.1, 0.15) is 30.3 Å². The molecule has 0 aliphatic carbocycles. The number of halogens is 1. The Labute approximate surface area is 102 Å². The Hall–Kier alpha value is -1.20. The SMILES string of the molecule is CC(N)c1nnc(Cc2ccc(Br)cc2)o1. The van der Waals surface area contributed by atoms with Crippen molar-refractivity contribution in [2.24, 2.45) is 5.73 Å². The number of aromatic nitrogens is 2. The minimum absolute atomic E-state index is 0.217. The van der Waals surface area contributed by atoms with Crippen LogP contribution in [0.25, 0.3) is 0 Å². The van der Waals surface area contributed by atoms with Gasteiger partial charge in [0.25, 0.3) is 0 Å². The average molecular weight is 282 g/mol. The van der Waals surface area contributed by atoms with Crippen molar-refractivity contribution in [3.63, 3.8) is 0 Å². The van der Waals surface area contributed by atoms with Gasteiger partial charge in [0, 0.05) is 4.47 Å². The van der Waals surface area contributed by atoms with Crippen molar-refractivity contribution in [2.75, 3.05) is 0 Å². The summed E-state index contributed by atoms with van der Waals surface area (Å²) in [7, 11) is 0. The molecule has 0 spiro atoms. The summed E-state index contributed by atoms with van der Waals surface area (Å²) in [6.07, 6.45) is 0.632. The molecule has 1 aromatic carbocycles. The quantitative estimate of drug-likeness (QED) is 0.939. The Kier molecular flexibility index (Phi) is 3.36. The van der Waals surface area contributed by atoms with Crippen molar-refractivity contribution in [2.45, 2.75) is 19.4 Å². The molecule has 16 heavy (non-hydrogen) atoms. The molecular formula is C11H12BrN3O. The highest BCUT2D eigenvalue weighted by Crippen LogP contribution is 2.14. The summed E-state index contributed by atoms with van der Waals surface area (Å²) in [5.41, 5.74) is 6.77. The molecule has 0 saturated carbocycles. The molecule has 1 heterocycles. The van der Waals surface area contributed by atoms with Crippen molar-refractivity contribution in [3.8, 4) is 0 Å². The Bertz CT molecular complexity index is 464. The third-order valence-corrected chi connectivity index (χ3v) is 2.67. The number of benzene rings is 1. The Morgan fingerprint density at radius 1 is 1.31 bits per heavy atom. The van der Waals surface area contributed by atoms with Crippen LogP contribution in [0.2, 0.25) is 0 Å². The highest BCUT2D eigenvalue weighted by molar-refractivity contribution is 9.10. The van der Waals surface area contributed by atoms with Crippen LogP contribution in [0.5, 0.6) is 0 Å². The lowest BCUT2D eigenvalue weighted by Gasteiger charge is -1.97. The van der Waals surface area contributed by atoms with Crippen LogP contribution in [-0.4, -0.2) is 10.2 Å². The van der Waals surface area contributed by atoms with Crippen molar-refractivity contribution in [3.05, 3.63) is 46.1 Å². The number of hydrogen-bond donors (Lipinski definition) is 1. The van der Waals surface area contributed by atoms with Gasteiger partial charge in [-0.1, -0.05) is 28.1 Å². The van der Waals surface area contributed by atoms with E-state index in [-0.39, 0.29) is 6.04 Å². The second-order valence-corrected chi connectivity index (χ2v) is 4.54. The largest absolute Gasteiger partial charge is 0.423 e. The van der Waals surface area contributed by atoms with Crippen molar-refractivity contribution in [1.29, 1.82) is 0 Å². The molecule has 1 aromatic heterocycles. The summed E-state index contributed by atoms with van der Waals surface area (Å²) >= 11 is 3.39. The lowest BCUT2D eigenvalue weighted by Crippen LogP contribution is -2.04.